The van der Waals surface area contributed by atoms with E-state index in [9.17, 15) is 9.18 Å². The number of halogens is 3. The van der Waals surface area contributed by atoms with Crippen molar-refractivity contribution in [2.24, 2.45) is 16.5 Å². The number of rotatable bonds is 1. The molecule has 0 aromatic heterocycles. The summed E-state index contributed by atoms with van der Waals surface area (Å²) in [5, 5.41) is 2.11. The lowest BCUT2D eigenvalue weighted by atomic mass is 10.3. The van der Waals surface area contributed by atoms with E-state index in [-0.39, 0.29) is 16.7 Å². The average Bonchev–Trinajstić information content (AvgIpc) is 2.09. The van der Waals surface area contributed by atoms with Crippen LogP contribution >= 0.6 is 27.5 Å². The number of carbonyl (C=O) groups is 1. The first kappa shape index (κ1) is 12.7. The molecule has 0 atom stereocenters. The molecule has 0 radical (unpaired) electrons. The van der Waals surface area contributed by atoms with Gasteiger partial charge in [-0.05, 0) is 28.1 Å². The van der Waals surface area contributed by atoms with Crippen LogP contribution in [0.5, 0.6) is 0 Å². The zero-order chi connectivity index (χ0) is 12.3. The Balaban J connectivity index is 3.10. The molecule has 0 saturated carbocycles. The molecule has 0 aliphatic heterocycles. The van der Waals surface area contributed by atoms with Crippen LogP contribution in [-0.2, 0) is 0 Å². The van der Waals surface area contributed by atoms with Gasteiger partial charge >= 0.3 is 6.03 Å². The maximum atomic E-state index is 12.9. The van der Waals surface area contributed by atoms with Gasteiger partial charge in [0.2, 0.25) is 5.96 Å². The molecule has 1 aromatic carbocycles. The zero-order valence-electron chi connectivity index (χ0n) is 7.80. The van der Waals surface area contributed by atoms with Crippen molar-refractivity contribution in [3.63, 3.8) is 0 Å². The number of nitrogens with one attached hydrogen (secondary N) is 1. The first-order valence-electron chi connectivity index (χ1n) is 3.95. The van der Waals surface area contributed by atoms with Gasteiger partial charge < -0.3 is 11.5 Å². The van der Waals surface area contributed by atoms with Gasteiger partial charge in [0.1, 0.15) is 5.82 Å². The number of primary amides is 1. The van der Waals surface area contributed by atoms with Crippen molar-refractivity contribution >= 4 is 45.2 Å². The minimum atomic E-state index is -0.851. The Morgan fingerprint density at radius 3 is 2.62 bits per heavy atom. The van der Waals surface area contributed by atoms with E-state index in [0.717, 1.165) is 6.07 Å². The molecule has 5 nitrogen and oxygen atoms in total. The topological polar surface area (TPSA) is 93.5 Å². The SMILES string of the molecule is NC(=O)NC(N)=Nc1c(Cl)cc(F)cc1Br. The molecule has 0 unspecified atom stereocenters. The Morgan fingerprint density at radius 1 is 1.50 bits per heavy atom. The molecule has 1 aromatic rings. The van der Waals surface area contributed by atoms with E-state index in [1.165, 1.54) is 6.07 Å². The summed E-state index contributed by atoms with van der Waals surface area (Å²) in [5.74, 6) is -0.751. The lowest BCUT2D eigenvalue weighted by Crippen LogP contribution is -2.39. The monoisotopic (exact) mass is 308 g/mol. The Morgan fingerprint density at radius 2 is 2.12 bits per heavy atom. The van der Waals surface area contributed by atoms with Gasteiger partial charge in [0.05, 0.1) is 10.7 Å². The molecule has 0 saturated heterocycles. The van der Waals surface area contributed by atoms with Gasteiger partial charge in [0.15, 0.2) is 0 Å². The van der Waals surface area contributed by atoms with Gasteiger partial charge in [-0.3, -0.25) is 5.32 Å². The Kier molecular flexibility index (Phi) is 4.08. The smallest absolute Gasteiger partial charge is 0.318 e. The third kappa shape index (κ3) is 3.35. The van der Waals surface area contributed by atoms with Crippen molar-refractivity contribution < 1.29 is 9.18 Å². The van der Waals surface area contributed by atoms with Crippen LogP contribution in [-0.4, -0.2) is 12.0 Å². The highest BCUT2D eigenvalue weighted by atomic mass is 79.9. The predicted molar refractivity (Wildman–Crippen MR) is 63.1 cm³/mol. The predicted octanol–water partition coefficient (Wildman–Crippen LogP) is 1.86. The maximum Gasteiger partial charge on any atom is 0.318 e. The van der Waals surface area contributed by atoms with Crippen molar-refractivity contribution in [3.05, 3.63) is 27.4 Å². The second kappa shape index (κ2) is 5.13. The van der Waals surface area contributed by atoms with E-state index >= 15 is 0 Å². The Bertz CT molecular complexity index is 442. The summed E-state index contributed by atoms with van der Waals surface area (Å²) in [6.07, 6.45) is 0. The molecule has 0 heterocycles. The van der Waals surface area contributed by atoms with E-state index in [4.69, 9.17) is 23.1 Å². The molecule has 0 bridgehead atoms. The molecule has 86 valence electrons. The number of benzene rings is 1. The molecular formula is C8H7BrClFN4O. The molecule has 0 aliphatic rings. The first-order chi connectivity index (χ1) is 7.40. The second-order valence-electron chi connectivity index (χ2n) is 2.70. The highest BCUT2D eigenvalue weighted by molar-refractivity contribution is 9.10. The molecule has 8 heteroatoms. The highest BCUT2D eigenvalue weighted by Gasteiger charge is 2.08. The lowest BCUT2D eigenvalue weighted by molar-refractivity contribution is 0.253. The van der Waals surface area contributed by atoms with Gasteiger partial charge in [0, 0.05) is 4.47 Å². The number of carbonyl (C=O) groups excluding carboxylic acids is 1. The van der Waals surface area contributed by atoms with Crippen LogP contribution in [0.1, 0.15) is 0 Å². The van der Waals surface area contributed by atoms with Crippen LogP contribution in [0.2, 0.25) is 5.02 Å². The minimum absolute atomic E-state index is 0.0566. The van der Waals surface area contributed by atoms with Crippen molar-refractivity contribution in [2.45, 2.75) is 0 Å². The summed E-state index contributed by atoms with van der Waals surface area (Å²) in [6.45, 7) is 0. The summed E-state index contributed by atoms with van der Waals surface area (Å²) >= 11 is 8.80. The van der Waals surface area contributed by atoms with E-state index < -0.39 is 11.8 Å². The first-order valence-corrected chi connectivity index (χ1v) is 5.12. The molecule has 16 heavy (non-hydrogen) atoms. The number of guanidine groups is 1. The van der Waals surface area contributed by atoms with Crippen LogP contribution < -0.4 is 16.8 Å². The maximum absolute atomic E-state index is 12.9. The third-order valence-corrected chi connectivity index (χ3v) is 2.36. The van der Waals surface area contributed by atoms with Gasteiger partial charge in [-0.25, -0.2) is 14.2 Å². The normalized spacial score (nSPS) is 11.3. The number of nitrogens with two attached hydrogens (primary N) is 2. The fraction of sp³-hybridized carbons (Fsp3) is 0. The summed E-state index contributed by atoms with van der Waals surface area (Å²) in [7, 11) is 0. The van der Waals surface area contributed by atoms with Crippen LogP contribution in [0.3, 0.4) is 0 Å². The zero-order valence-corrected chi connectivity index (χ0v) is 10.1. The van der Waals surface area contributed by atoms with Crippen LogP contribution in [0.25, 0.3) is 0 Å². The van der Waals surface area contributed by atoms with Crippen LogP contribution in [0.15, 0.2) is 21.6 Å². The summed E-state index contributed by atoms with van der Waals surface area (Å²) in [6, 6.07) is 1.39. The third-order valence-electron chi connectivity index (χ3n) is 1.47. The quantitative estimate of drug-likeness (QED) is 0.545. The number of urea groups is 1. The van der Waals surface area contributed by atoms with Crippen LogP contribution in [0, 0.1) is 5.82 Å². The van der Waals surface area contributed by atoms with E-state index in [0.29, 0.717) is 4.47 Å². The second-order valence-corrected chi connectivity index (χ2v) is 3.97. The highest BCUT2D eigenvalue weighted by Crippen LogP contribution is 2.33. The molecule has 1 rings (SSSR count). The molecule has 0 fully saturated rings. The number of amides is 2. The van der Waals surface area contributed by atoms with E-state index in [1.54, 1.807) is 0 Å². The standard InChI is InChI=1S/C8H7BrClFN4O/c9-4-1-3(11)2-5(10)6(4)14-7(12)15-8(13)16/h1-2H,(H5,12,13,14,15,16). The Hall–Kier alpha value is -1.34. The summed E-state index contributed by atoms with van der Waals surface area (Å²) in [4.78, 5) is 14.2. The van der Waals surface area contributed by atoms with E-state index in [1.807, 2.05) is 0 Å². The number of aliphatic imine (C=N–C) groups is 1. The number of hydrogen-bond acceptors (Lipinski definition) is 2. The van der Waals surface area contributed by atoms with Crippen molar-refractivity contribution in [1.82, 2.24) is 5.32 Å². The molecule has 5 N–H and O–H groups in total. The fourth-order valence-corrected chi connectivity index (χ4v) is 1.80. The van der Waals surface area contributed by atoms with Crippen molar-refractivity contribution in [2.75, 3.05) is 0 Å². The number of nitrogens with zero attached hydrogens (tertiary/aromatic N) is 1. The average molecular weight is 310 g/mol. The summed E-state index contributed by atoms with van der Waals surface area (Å²) < 4.78 is 13.2. The van der Waals surface area contributed by atoms with E-state index in [2.05, 4.69) is 26.2 Å². The molecule has 0 aliphatic carbocycles. The minimum Gasteiger partial charge on any atom is -0.369 e. The molecule has 2 amide bonds. The molecule has 0 spiro atoms. The van der Waals surface area contributed by atoms with Gasteiger partial charge in [-0.1, -0.05) is 11.6 Å². The lowest BCUT2D eigenvalue weighted by Gasteiger charge is -2.04. The van der Waals surface area contributed by atoms with Gasteiger partial charge in [0.25, 0.3) is 0 Å². The number of hydrogen-bond donors (Lipinski definition) is 3. The van der Waals surface area contributed by atoms with Crippen molar-refractivity contribution in [3.8, 4) is 0 Å². The van der Waals surface area contributed by atoms with Gasteiger partial charge in [-0.2, -0.15) is 0 Å². The molecular weight excluding hydrogens is 302 g/mol. The summed E-state index contributed by atoms with van der Waals surface area (Å²) in [5.41, 5.74) is 10.4. The van der Waals surface area contributed by atoms with Crippen LogP contribution in [0.4, 0.5) is 14.9 Å². The largest absolute Gasteiger partial charge is 0.369 e. The van der Waals surface area contributed by atoms with Crippen molar-refractivity contribution in [1.29, 1.82) is 0 Å². The Labute approximate surface area is 104 Å². The fourth-order valence-electron chi connectivity index (χ4n) is 0.916. The van der Waals surface area contributed by atoms with Gasteiger partial charge in [-0.15, -0.1) is 0 Å².